The second-order valence-corrected chi connectivity index (χ2v) is 5.29. The van der Waals surface area contributed by atoms with Gasteiger partial charge in [0.1, 0.15) is 17.5 Å². The van der Waals surface area contributed by atoms with Crippen LogP contribution in [-0.2, 0) is 7.05 Å². The number of aromatic nitrogens is 2. The fourth-order valence-corrected chi connectivity index (χ4v) is 2.68. The molecule has 1 heterocycles. The van der Waals surface area contributed by atoms with E-state index in [0.717, 1.165) is 11.5 Å². The molecule has 0 spiro atoms. The molecule has 0 atom stereocenters. The summed E-state index contributed by atoms with van der Waals surface area (Å²) in [6.45, 7) is 4.13. The Morgan fingerprint density at radius 1 is 1.35 bits per heavy atom. The first kappa shape index (κ1) is 12.0. The van der Waals surface area contributed by atoms with Gasteiger partial charge in [-0.3, -0.25) is 4.68 Å². The lowest BCUT2D eigenvalue weighted by molar-refractivity contribution is 0.347. The summed E-state index contributed by atoms with van der Waals surface area (Å²) < 4.78 is 1.79. The minimum Gasteiger partial charge on any atom is -0.364 e. The van der Waals surface area contributed by atoms with Crippen molar-refractivity contribution in [2.24, 2.45) is 7.05 Å². The van der Waals surface area contributed by atoms with Crippen molar-refractivity contribution in [2.75, 3.05) is 5.32 Å². The molecule has 0 saturated heterocycles. The highest BCUT2D eigenvalue weighted by Gasteiger charge is 2.28. The molecule has 1 aromatic heterocycles. The van der Waals surface area contributed by atoms with Crippen molar-refractivity contribution >= 4 is 5.82 Å². The maximum atomic E-state index is 9.18. The van der Waals surface area contributed by atoms with Gasteiger partial charge in [-0.05, 0) is 26.7 Å². The molecule has 17 heavy (non-hydrogen) atoms. The van der Waals surface area contributed by atoms with Gasteiger partial charge in [0, 0.05) is 12.6 Å². The van der Waals surface area contributed by atoms with Crippen LogP contribution in [0.1, 0.15) is 50.3 Å². The zero-order chi connectivity index (χ0) is 12.5. The molecule has 1 fully saturated rings. The van der Waals surface area contributed by atoms with Crippen molar-refractivity contribution in [3.63, 3.8) is 0 Å². The summed E-state index contributed by atoms with van der Waals surface area (Å²) in [5.41, 5.74) is 1.60. The number of nitriles is 1. The second-order valence-electron chi connectivity index (χ2n) is 5.29. The molecule has 4 nitrogen and oxygen atoms in total. The first-order valence-electron chi connectivity index (χ1n) is 6.28. The number of hydrogen-bond acceptors (Lipinski definition) is 3. The minimum atomic E-state index is 0.115. The lowest BCUT2D eigenvalue weighted by atomic mass is 9.83. The highest BCUT2D eigenvalue weighted by atomic mass is 15.3. The third-order valence-corrected chi connectivity index (χ3v) is 3.71. The summed E-state index contributed by atoms with van der Waals surface area (Å²) in [5.74, 6) is 0.870. The van der Waals surface area contributed by atoms with Gasteiger partial charge in [0.15, 0.2) is 0 Å². The van der Waals surface area contributed by atoms with E-state index in [-0.39, 0.29) is 5.54 Å². The molecule has 0 unspecified atom stereocenters. The van der Waals surface area contributed by atoms with Crippen molar-refractivity contribution in [1.29, 1.82) is 5.26 Å². The van der Waals surface area contributed by atoms with E-state index in [1.165, 1.54) is 32.1 Å². The van der Waals surface area contributed by atoms with Crippen molar-refractivity contribution in [1.82, 2.24) is 9.78 Å². The zero-order valence-corrected chi connectivity index (χ0v) is 10.9. The van der Waals surface area contributed by atoms with E-state index in [4.69, 9.17) is 0 Å². The molecule has 0 amide bonds. The van der Waals surface area contributed by atoms with Gasteiger partial charge in [-0.1, -0.05) is 19.3 Å². The SMILES string of the molecule is Cc1nn(C)c(NC2(C)CCCCC2)c1C#N. The van der Waals surface area contributed by atoms with Gasteiger partial charge >= 0.3 is 0 Å². The van der Waals surface area contributed by atoms with Gasteiger partial charge < -0.3 is 5.32 Å². The number of nitrogens with zero attached hydrogens (tertiary/aromatic N) is 3. The molecule has 1 saturated carbocycles. The molecule has 2 rings (SSSR count). The predicted octanol–water partition coefficient (Wildman–Crippen LogP) is 2.73. The quantitative estimate of drug-likeness (QED) is 0.853. The van der Waals surface area contributed by atoms with Gasteiger partial charge in [0.05, 0.1) is 5.69 Å². The fourth-order valence-electron chi connectivity index (χ4n) is 2.68. The summed E-state index contributed by atoms with van der Waals surface area (Å²) in [6, 6.07) is 2.25. The summed E-state index contributed by atoms with van der Waals surface area (Å²) in [7, 11) is 1.89. The third-order valence-electron chi connectivity index (χ3n) is 3.71. The van der Waals surface area contributed by atoms with Gasteiger partial charge in [-0.25, -0.2) is 0 Å². The normalized spacial score (nSPS) is 18.7. The topological polar surface area (TPSA) is 53.6 Å². The Balaban J connectivity index is 2.26. The predicted molar refractivity (Wildman–Crippen MR) is 67.8 cm³/mol. The average molecular weight is 232 g/mol. The first-order chi connectivity index (χ1) is 8.06. The van der Waals surface area contributed by atoms with Crippen LogP contribution in [0.2, 0.25) is 0 Å². The number of rotatable bonds is 2. The van der Waals surface area contributed by atoms with E-state index in [2.05, 4.69) is 23.4 Å². The molecular formula is C13H20N4. The standard InChI is InChI=1S/C13H20N4/c1-10-11(9-14)12(17(3)16-10)15-13(2)7-5-4-6-8-13/h15H,4-8H2,1-3H3. The number of hydrogen-bond donors (Lipinski definition) is 1. The number of anilines is 1. The van der Waals surface area contributed by atoms with Crippen molar-refractivity contribution in [3.8, 4) is 6.07 Å². The Bertz CT molecular complexity index is 447. The Hall–Kier alpha value is -1.50. The lowest BCUT2D eigenvalue weighted by Gasteiger charge is -2.35. The molecule has 92 valence electrons. The minimum absolute atomic E-state index is 0.115. The molecule has 1 N–H and O–H groups in total. The summed E-state index contributed by atoms with van der Waals surface area (Å²) in [6.07, 6.45) is 6.20. The van der Waals surface area contributed by atoms with E-state index < -0.39 is 0 Å². The average Bonchev–Trinajstić information content (AvgIpc) is 2.54. The van der Waals surface area contributed by atoms with Crippen LogP contribution in [0.15, 0.2) is 0 Å². The Morgan fingerprint density at radius 3 is 2.59 bits per heavy atom. The largest absolute Gasteiger partial charge is 0.364 e. The third kappa shape index (κ3) is 2.28. The van der Waals surface area contributed by atoms with Crippen LogP contribution < -0.4 is 5.32 Å². The highest BCUT2D eigenvalue weighted by Crippen LogP contribution is 2.32. The molecular weight excluding hydrogens is 212 g/mol. The summed E-state index contributed by atoms with van der Waals surface area (Å²) in [4.78, 5) is 0. The molecule has 4 heteroatoms. The molecule has 1 aromatic rings. The monoisotopic (exact) mass is 232 g/mol. The Labute approximate surface area is 103 Å². The van der Waals surface area contributed by atoms with Crippen LogP contribution in [0.4, 0.5) is 5.82 Å². The van der Waals surface area contributed by atoms with Crippen LogP contribution >= 0.6 is 0 Å². The van der Waals surface area contributed by atoms with Crippen LogP contribution in [0, 0.1) is 18.3 Å². The van der Waals surface area contributed by atoms with E-state index in [0.29, 0.717) is 5.56 Å². The molecule has 0 aliphatic heterocycles. The van der Waals surface area contributed by atoms with Crippen molar-refractivity contribution < 1.29 is 0 Å². The molecule has 1 aliphatic carbocycles. The van der Waals surface area contributed by atoms with Crippen LogP contribution in [0.3, 0.4) is 0 Å². The fraction of sp³-hybridized carbons (Fsp3) is 0.692. The second kappa shape index (κ2) is 4.40. The van der Waals surface area contributed by atoms with E-state index in [9.17, 15) is 5.26 Å². The Morgan fingerprint density at radius 2 is 2.00 bits per heavy atom. The molecule has 0 radical (unpaired) electrons. The van der Waals surface area contributed by atoms with Crippen molar-refractivity contribution in [3.05, 3.63) is 11.3 Å². The highest BCUT2D eigenvalue weighted by molar-refractivity contribution is 5.56. The Kier molecular flexibility index (Phi) is 3.10. The summed E-state index contributed by atoms with van der Waals surface area (Å²) >= 11 is 0. The number of aryl methyl sites for hydroxylation is 2. The van der Waals surface area contributed by atoms with E-state index in [1.807, 2.05) is 14.0 Å². The van der Waals surface area contributed by atoms with Crippen molar-refractivity contribution in [2.45, 2.75) is 51.5 Å². The molecule has 0 bridgehead atoms. The van der Waals surface area contributed by atoms with Gasteiger partial charge in [0.2, 0.25) is 0 Å². The van der Waals surface area contributed by atoms with Gasteiger partial charge in [-0.2, -0.15) is 10.4 Å². The van der Waals surface area contributed by atoms with E-state index >= 15 is 0 Å². The first-order valence-corrected chi connectivity index (χ1v) is 6.28. The molecule has 1 aliphatic rings. The maximum Gasteiger partial charge on any atom is 0.142 e. The van der Waals surface area contributed by atoms with Gasteiger partial charge in [-0.15, -0.1) is 0 Å². The maximum absolute atomic E-state index is 9.18. The molecule has 0 aromatic carbocycles. The summed E-state index contributed by atoms with van der Waals surface area (Å²) in [5, 5.41) is 17.0. The van der Waals surface area contributed by atoms with Crippen LogP contribution in [-0.4, -0.2) is 15.3 Å². The number of nitrogens with one attached hydrogen (secondary N) is 1. The zero-order valence-electron chi connectivity index (χ0n) is 10.9. The lowest BCUT2D eigenvalue weighted by Crippen LogP contribution is -2.37. The van der Waals surface area contributed by atoms with Crippen LogP contribution in [0.5, 0.6) is 0 Å². The smallest absolute Gasteiger partial charge is 0.142 e. The van der Waals surface area contributed by atoms with E-state index in [1.54, 1.807) is 4.68 Å². The van der Waals surface area contributed by atoms with Gasteiger partial charge in [0.25, 0.3) is 0 Å². The van der Waals surface area contributed by atoms with Crippen LogP contribution in [0.25, 0.3) is 0 Å².